The number of rotatable bonds is 5. The first-order valence-corrected chi connectivity index (χ1v) is 9.24. The van der Waals surface area contributed by atoms with E-state index in [1.165, 1.54) is 12.0 Å². The van der Waals surface area contributed by atoms with E-state index in [2.05, 4.69) is 30.5 Å². The van der Waals surface area contributed by atoms with Gasteiger partial charge in [-0.25, -0.2) is 0 Å². The predicted molar refractivity (Wildman–Crippen MR) is 96.8 cm³/mol. The minimum atomic E-state index is 0.0547. The van der Waals surface area contributed by atoms with Crippen molar-refractivity contribution in [3.63, 3.8) is 0 Å². The van der Waals surface area contributed by atoms with Crippen molar-refractivity contribution >= 4 is 17.4 Å². The molecule has 1 aromatic carbocycles. The molecule has 0 saturated carbocycles. The standard InChI is InChI=1S/C20H28N2O2/c1-4-5-8-21-11-15-7-6-14-9-13(3)19-17(18(14)20(15)24)12(2)10-16(23)22-19/h9,12,15,21H,4-8,10-11H2,1-3H3,(H,22,23). The Balaban J connectivity index is 1.91. The number of carbonyl (C=O) groups excluding carboxylic acids is 2. The highest BCUT2D eigenvalue weighted by Crippen LogP contribution is 2.41. The number of amides is 1. The van der Waals surface area contributed by atoms with Crippen LogP contribution in [0.1, 0.15) is 72.5 Å². The third kappa shape index (κ3) is 3.12. The zero-order valence-electron chi connectivity index (χ0n) is 15.0. The number of hydrogen-bond acceptors (Lipinski definition) is 3. The van der Waals surface area contributed by atoms with Gasteiger partial charge >= 0.3 is 0 Å². The van der Waals surface area contributed by atoms with Crippen molar-refractivity contribution in [1.82, 2.24) is 5.32 Å². The highest BCUT2D eigenvalue weighted by molar-refractivity contribution is 6.06. The minimum Gasteiger partial charge on any atom is -0.326 e. The van der Waals surface area contributed by atoms with Crippen molar-refractivity contribution in [2.75, 3.05) is 18.4 Å². The van der Waals surface area contributed by atoms with Gasteiger partial charge in [0.05, 0.1) is 0 Å². The second-order valence-electron chi connectivity index (χ2n) is 7.33. The molecule has 0 spiro atoms. The number of aryl methyl sites for hydroxylation is 2. The summed E-state index contributed by atoms with van der Waals surface area (Å²) in [7, 11) is 0. The maximum absolute atomic E-state index is 13.1. The molecule has 4 nitrogen and oxygen atoms in total. The highest BCUT2D eigenvalue weighted by atomic mass is 16.1. The van der Waals surface area contributed by atoms with E-state index >= 15 is 0 Å². The second kappa shape index (κ2) is 7.06. The lowest BCUT2D eigenvalue weighted by molar-refractivity contribution is -0.116. The average Bonchev–Trinajstić information content (AvgIpc) is 2.54. The van der Waals surface area contributed by atoms with Gasteiger partial charge in [-0.2, -0.15) is 0 Å². The van der Waals surface area contributed by atoms with E-state index < -0.39 is 0 Å². The van der Waals surface area contributed by atoms with E-state index in [0.29, 0.717) is 6.42 Å². The molecule has 3 rings (SSSR count). The van der Waals surface area contributed by atoms with Crippen molar-refractivity contribution in [2.24, 2.45) is 5.92 Å². The van der Waals surface area contributed by atoms with Crippen LogP contribution in [-0.4, -0.2) is 24.8 Å². The molecule has 1 aromatic rings. The number of anilines is 1. The molecule has 2 unspecified atom stereocenters. The third-order valence-corrected chi connectivity index (χ3v) is 5.37. The number of carbonyl (C=O) groups is 2. The fraction of sp³-hybridized carbons (Fsp3) is 0.600. The first kappa shape index (κ1) is 17.2. The SMILES string of the molecule is CCCCNCC1CCc2cc(C)c3c(c2C1=O)C(C)CC(=O)N3. The molecule has 2 atom stereocenters. The zero-order chi connectivity index (χ0) is 17.3. The van der Waals surface area contributed by atoms with Gasteiger partial charge in [0.2, 0.25) is 5.91 Å². The van der Waals surface area contributed by atoms with Crippen molar-refractivity contribution in [3.05, 3.63) is 28.3 Å². The Morgan fingerprint density at radius 3 is 2.88 bits per heavy atom. The van der Waals surface area contributed by atoms with Crippen LogP contribution < -0.4 is 10.6 Å². The number of unbranched alkanes of at least 4 members (excludes halogenated alkanes) is 1. The molecule has 4 heteroatoms. The van der Waals surface area contributed by atoms with Crippen LogP contribution in [0.5, 0.6) is 0 Å². The molecule has 1 heterocycles. The smallest absolute Gasteiger partial charge is 0.224 e. The largest absolute Gasteiger partial charge is 0.326 e. The minimum absolute atomic E-state index is 0.0547. The zero-order valence-corrected chi connectivity index (χ0v) is 15.0. The van der Waals surface area contributed by atoms with Crippen molar-refractivity contribution in [2.45, 2.75) is 58.8 Å². The van der Waals surface area contributed by atoms with Crippen LogP contribution in [0, 0.1) is 12.8 Å². The third-order valence-electron chi connectivity index (χ3n) is 5.37. The van der Waals surface area contributed by atoms with Crippen molar-refractivity contribution in [3.8, 4) is 0 Å². The molecule has 0 radical (unpaired) electrons. The van der Waals surface area contributed by atoms with E-state index in [0.717, 1.165) is 54.7 Å². The van der Waals surface area contributed by atoms with Crippen LogP contribution in [0.4, 0.5) is 5.69 Å². The summed E-state index contributed by atoms with van der Waals surface area (Å²) < 4.78 is 0. The maximum Gasteiger partial charge on any atom is 0.224 e. The van der Waals surface area contributed by atoms with Crippen LogP contribution >= 0.6 is 0 Å². The average molecular weight is 328 g/mol. The van der Waals surface area contributed by atoms with Crippen LogP contribution in [0.3, 0.4) is 0 Å². The second-order valence-corrected chi connectivity index (χ2v) is 7.33. The van der Waals surface area contributed by atoms with E-state index in [1.807, 2.05) is 6.92 Å². The van der Waals surface area contributed by atoms with Crippen LogP contribution in [0.25, 0.3) is 0 Å². The quantitative estimate of drug-likeness (QED) is 0.812. The Morgan fingerprint density at radius 2 is 2.12 bits per heavy atom. The molecule has 1 amide bonds. The van der Waals surface area contributed by atoms with Gasteiger partial charge in [-0.15, -0.1) is 0 Å². The first-order chi connectivity index (χ1) is 11.5. The number of fused-ring (bicyclic) bond motifs is 3. The van der Waals surface area contributed by atoms with Crippen LogP contribution in [0.2, 0.25) is 0 Å². The Kier molecular flexibility index (Phi) is 5.04. The number of Topliss-reactive ketones (excluding diaryl/α,β-unsaturated/α-hetero) is 1. The molecule has 24 heavy (non-hydrogen) atoms. The van der Waals surface area contributed by atoms with Gasteiger partial charge in [-0.1, -0.05) is 26.3 Å². The molecule has 0 bridgehead atoms. The predicted octanol–water partition coefficient (Wildman–Crippen LogP) is 3.58. The summed E-state index contributed by atoms with van der Waals surface area (Å²) in [4.78, 5) is 25.0. The summed E-state index contributed by atoms with van der Waals surface area (Å²) in [6.45, 7) is 8.01. The number of hydrogen-bond donors (Lipinski definition) is 2. The monoisotopic (exact) mass is 328 g/mol. The summed E-state index contributed by atoms with van der Waals surface area (Å²) in [6, 6.07) is 2.10. The molecule has 2 N–H and O–H groups in total. The van der Waals surface area contributed by atoms with Gasteiger partial charge in [0, 0.05) is 30.1 Å². The van der Waals surface area contributed by atoms with Gasteiger partial charge in [0.15, 0.2) is 5.78 Å². The number of ketones is 1. The molecular weight excluding hydrogens is 300 g/mol. The summed E-state index contributed by atoms with van der Waals surface area (Å²) in [5.74, 6) is 0.489. The van der Waals surface area contributed by atoms with E-state index in [4.69, 9.17) is 0 Å². The van der Waals surface area contributed by atoms with Gasteiger partial charge in [0.1, 0.15) is 0 Å². The summed E-state index contributed by atoms with van der Waals surface area (Å²) in [6.07, 6.45) is 4.66. The fourth-order valence-corrected chi connectivity index (χ4v) is 4.07. The first-order valence-electron chi connectivity index (χ1n) is 9.24. The van der Waals surface area contributed by atoms with E-state index in [9.17, 15) is 9.59 Å². The Bertz CT molecular complexity index is 666. The topological polar surface area (TPSA) is 58.2 Å². The number of benzene rings is 1. The van der Waals surface area contributed by atoms with Gasteiger partial charge in [0.25, 0.3) is 0 Å². The lowest BCUT2D eigenvalue weighted by Gasteiger charge is -2.32. The lowest BCUT2D eigenvalue weighted by atomic mass is 9.75. The van der Waals surface area contributed by atoms with Gasteiger partial charge < -0.3 is 10.6 Å². The fourth-order valence-electron chi connectivity index (χ4n) is 4.07. The molecule has 1 aliphatic carbocycles. The molecule has 0 aromatic heterocycles. The highest BCUT2D eigenvalue weighted by Gasteiger charge is 2.35. The molecule has 2 aliphatic rings. The van der Waals surface area contributed by atoms with Gasteiger partial charge in [-0.3, -0.25) is 9.59 Å². The van der Waals surface area contributed by atoms with Gasteiger partial charge in [-0.05, 0) is 55.3 Å². The number of nitrogens with one attached hydrogen (secondary N) is 2. The normalized spacial score (nSPS) is 22.8. The molecule has 130 valence electrons. The Hall–Kier alpha value is -1.68. The lowest BCUT2D eigenvalue weighted by Crippen LogP contribution is -2.35. The van der Waals surface area contributed by atoms with Crippen molar-refractivity contribution in [1.29, 1.82) is 0 Å². The van der Waals surface area contributed by atoms with Crippen LogP contribution in [-0.2, 0) is 11.2 Å². The molecular formula is C20H28N2O2. The van der Waals surface area contributed by atoms with Crippen molar-refractivity contribution < 1.29 is 9.59 Å². The maximum atomic E-state index is 13.1. The summed E-state index contributed by atoms with van der Waals surface area (Å²) in [5.41, 5.74) is 5.11. The molecule has 0 saturated heterocycles. The molecule has 1 aliphatic heterocycles. The Morgan fingerprint density at radius 1 is 1.33 bits per heavy atom. The van der Waals surface area contributed by atoms with Crippen LogP contribution in [0.15, 0.2) is 6.07 Å². The van der Waals surface area contributed by atoms with E-state index in [1.54, 1.807) is 0 Å². The summed E-state index contributed by atoms with van der Waals surface area (Å²) in [5, 5.41) is 6.43. The Labute approximate surface area is 144 Å². The summed E-state index contributed by atoms with van der Waals surface area (Å²) >= 11 is 0. The molecule has 0 fully saturated rings. The van der Waals surface area contributed by atoms with E-state index in [-0.39, 0.29) is 23.5 Å².